The van der Waals surface area contributed by atoms with Gasteiger partial charge in [-0.2, -0.15) is 5.10 Å². The summed E-state index contributed by atoms with van der Waals surface area (Å²) in [6.07, 6.45) is 4.02. The van der Waals surface area contributed by atoms with Crippen molar-refractivity contribution in [3.63, 3.8) is 0 Å². The van der Waals surface area contributed by atoms with Gasteiger partial charge < -0.3 is 9.80 Å². The standard InChI is InChI=1S/C18H24N4OS/c1-21(13-14-24(23)17-8-3-2-4-9-17)16-7-6-12-22(15-16)18-10-5-11-19-20-18/h2-5,8-11,16H,6-7,12-15H2,1H3. The van der Waals surface area contributed by atoms with Crippen LogP contribution < -0.4 is 4.90 Å². The van der Waals surface area contributed by atoms with Gasteiger partial charge in [-0.15, -0.1) is 5.10 Å². The van der Waals surface area contributed by atoms with Crippen LogP contribution in [0.5, 0.6) is 0 Å². The molecule has 2 aromatic rings. The molecule has 1 fully saturated rings. The summed E-state index contributed by atoms with van der Waals surface area (Å²) in [5.41, 5.74) is 0. The van der Waals surface area contributed by atoms with Gasteiger partial charge in [0.15, 0.2) is 5.82 Å². The number of likely N-dealkylation sites (N-methyl/N-ethyl adjacent to an activating group) is 1. The minimum Gasteiger partial charge on any atom is -0.354 e. The molecule has 128 valence electrons. The summed E-state index contributed by atoms with van der Waals surface area (Å²) in [5, 5.41) is 8.20. The van der Waals surface area contributed by atoms with Crippen LogP contribution in [0.25, 0.3) is 0 Å². The van der Waals surface area contributed by atoms with Crippen LogP contribution in [0.3, 0.4) is 0 Å². The predicted octanol–water partition coefficient (Wildman–Crippen LogP) is 2.19. The predicted molar refractivity (Wildman–Crippen MR) is 97.6 cm³/mol. The number of piperidine rings is 1. The molecule has 3 rings (SSSR count). The Morgan fingerprint density at radius 1 is 1.25 bits per heavy atom. The lowest BCUT2D eigenvalue weighted by molar-refractivity contribution is 0.226. The molecule has 6 heteroatoms. The second kappa shape index (κ2) is 8.35. The number of hydrogen-bond donors (Lipinski definition) is 0. The summed E-state index contributed by atoms with van der Waals surface area (Å²) in [6, 6.07) is 14.1. The molecule has 1 saturated heterocycles. The smallest absolute Gasteiger partial charge is 0.151 e. The Bertz CT molecular complexity index is 653. The summed E-state index contributed by atoms with van der Waals surface area (Å²) in [6.45, 7) is 2.81. The molecular formula is C18H24N4OS. The van der Waals surface area contributed by atoms with Crippen molar-refractivity contribution >= 4 is 16.6 Å². The number of anilines is 1. The quantitative estimate of drug-likeness (QED) is 0.804. The molecule has 2 heterocycles. The van der Waals surface area contributed by atoms with Gasteiger partial charge in [-0.3, -0.25) is 4.21 Å². The lowest BCUT2D eigenvalue weighted by atomic mass is 10.0. The molecule has 0 radical (unpaired) electrons. The number of nitrogens with zero attached hydrogens (tertiary/aromatic N) is 4. The van der Waals surface area contributed by atoms with E-state index in [2.05, 4.69) is 27.0 Å². The zero-order valence-electron chi connectivity index (χ0n) is 14.0. The van der Waals surface area contributed by atoms with E-state index in [1.165, 1.54) is 6.42 Å². The normalized spacial score (nSPS) is 19.4. The fraction of sp³-hybridized carbons (Fsp3) is 0.444. The van der Waals surface area contributed by atoms with E-state index in [0.29, 0.717) is 11.8 Å². The Morgan fingerprint density at radius 2 is 2.08 bits per heavy atom. The van der Waals surface area contributed by atoms with E-state index in [0.717, 1.165) is 36.8 Å². The van der Waals surface area contributed by atoms with Crippen molar-refractivity contribution in [1.29, 1.82) is 0 Å². The molecule has 24 heavy (non-hydrogen) atoms. The van der Waals surface area contributed by atoms with Crippen LogP contribution in [0.1, 0.15) is 12.8 Å². The SMILES string of the molecule is CN(CCS(=O)c1ccccc1)C1CCCN(c2cccnn2)C1. The lowest BCUT2D eigenvalue weighted by Crippen LogP contribution is -2.47. The van der Waals surface area contributed by atoms with Crippen molar-refractivity contribution in [2.24, 2.45) is 0 Å². The van der Waals surface area contributed by atoms with Crippen LogP contribution in [0.4, 0.5) is 5.82 Å². The molecule has 0 N–H and O–H groups in total. The first kappa shape index (κ1) is 17.0. The maximum absolute atomic E-state index is 12.4. The highest BCUT2D eigenvalue weighted by molar-refractivity contribution is 7.85. The molecule has 0 bridgehead atoms. The third kappa shape index (κ3) is 4.39. The highest BCUT2D eigenvalue weighted by atomic mass is 32.2. The second-order valence-electron chi connectivity index (χ2n) is 6.17. The fourth-order valence-electron chi connectivity index (χ4n) is 3.08. The lowest BCUT2D eigenvalue weighted by Gasteiger charge is -2.38. The van der Waals surface area contributed by atoms with E-state index in [4.69, 9.17) is 0 Å². The van der Waals surface area contributed by atoms with E-state index >= 15 is 0 Å². The highest BCUT2D eigenvalue weighted by Gasteiger charge is 2.24. The van der Waals surface area contributed by atoms with Gasteiger partial charge >= 0.3 is 0 Å². The van der Waals surface area contributed by atoms with Crippen molar-refractivity contribution in [3.8, 4) is 0 Å². The Kier molecular flexibility index (Phi) is 5.93. The van der Waals surface area contributed by atoms with Crippen LogP contribution in [-0.4, -0.2) is 57.8 Å². The largest absolute Gasteiger partial charge is 0.354 e. The Morgan fingerprint density at radius 3 is 2.83 bits per heavy atom. The van der Waals surface area contributed by atoms with Crippen molar-refractivity contribution < 1.29 is 4.21 Å². The van der Waals surface area contributed by atoms with Crippen molar-refractivity contribution in [3.05, 3.63) is 48.7 Å². The maximum atomic E-state index is 12.4. The van der Waals surface area contributed by atoms with Crippen LogP contribution >= 0.6 is 0 Å². The van der Waals surface area contributed by atoms with E-state index < -0.39 is 10.8 Å². The number of benzene rings is 1. The van der Waals surface area contributed by atoms with Crippen LogP contribution in [0.15, 0.2) is 53.6 Å². The maximum Gasteiger partial charge on any atom is 0.151 e. The highest BCUT2D eigenvalue weighted by Crippen LogP contribution is 2.19. The summed E-state index contributed by atoms with van der Waals surface area (Å²) >= 11 is 0. The van der Waals surface area contributed by atoms with Crippen molar-refractivity contribution in [1.82, 2.24) is 15.1 Å². The van der Waals surface area contributed by atoms with Gasteiger partial charge in [0.25, 0.3) is 0 Å². The molecule has 5 nitrogen and oxygen atoms in total. The molecule has 0 saturated carbocycles. The van der Waals surface area contributed by atoms with E-state index in [-0.39, 0.29) is 0 Å². The Labute approximate surface area is 146 Å². The average molecular weight is 344 g/mol. The first-order valence-electron chi connectivity index (χ1n) is 8.40. The minimum absolute atomic E-state index is 0.466. The molecule has 0 aliphatic carbocycles. The zero-order chi connectivity index (χ0) is 16.8. The number of aromatic nitrogens is 2. The summed E-state index contributed by atoms with van der Waals surface area (Å²) in [4.78, 5) is 5.55. The van der Waals surface area contributed by atoms with Gasteiger partial charge in [0.2, 0.25) is 0 Å². The molecule has 0 spiro atoms. The summed E-state index contributed by atoms with van der Waals surface area (Å²) in [5.74, 6) is 1.62. The summed E-state index contributed by atoms with van der Waals surface area (Å²) < 4.78 is 12.4. The van der Waals surface area contributed by atoms with E-state index in [1.54, 1.807) is 6.20 Å². The van der Waals surface area contributed by atoms with Gasteiger partial charge in [-0.25, -0.2) is 0 Å². The average Bonchev–Trinajstić information content (AvgIpc) is 2.67. The van der Waals surface area contributed by atoms with Gasteiger partial charge in [-0.1, -0.05) is 18.2 Å². The monoisotopic (exact) mass is 344 g/mol. The molecule has 2 unspecified atom stereocenters. The van der Waals surface area contributed by atoms with Gasteiger partial charge in [0, 0.05) is 42.5 Å². The Balaban J connectivity index is 1.53. The van der Waals surface area contributed by atoms with Gasteiger partial charge in [-0.05, 0) is 44.2 Å². The van der Waals surface area contributed by atoms with Crippen LogP contribution in [0, 0.1) is 0 Å². The van der Waals surface area contributed by atoms with E-state index in [9.17, 15) is 4.21 Å². The van der Waals surface area contributed by atoms with Crippen molar-refractivity contribution in [2.75, 3.05) is 37.3 Å². The molecule has 0 amide bonds. The first-order valence-corrected chi connectivity index (χ1v) is 9.72. The van der Waals surface area contributed by atoms with E-state index in [1.807, 2.05) is 42.5 Å². The van der Waals surface area contributed by atoms with Crippen molar-refractivity contribution in [2.45, 2.75) is 23.8 Å². The molecule has 1 aliphatic rings. The first-order chi connectivity index (χ1) is 11.7. The fourth-order valence-corrected chi connectivity index (χ4v) is 4.23. The minimum atomic E-state index is -0.931. The third-order valence-corrected chi connectivity index (χ3v) is 5.89. The summed E-state index contributed by atoms with van der Waals surface area (Å²) in [7, 11) is 1.20. The molecule has 1 aliphatic heterocycles. The van der Waals surface area contributed by atoms with Crippen LogP contribution in [-0.2, 0) is 10.8 Å². The second-order valence-corrected chi connectivity index (χ2v) is 7.74. The van der Waals surface area contributed by atoms with Crippen LogP contribution in [0.2, 0.25) is 0 Å². The zero-order valence-corrected chi connectivity index (χ0v) is 14.9. The topological polar surface area (TPSA) is 49.3 Å². The van der Waals surface area contributed by atoms with Gasteiger partial charge in [0.05, 0.1) is 10.8 Å². The molecule has 1 aromatic heterocycles. The molecule has 1 aromatic carbocycles. The number of rotatable bonds is 6. The third-order valence-electron chi connectivity index (χ3n) is 4.54. The Hall–Kier alpha value is -1.79. The molecular weight excluding hydrogens is 320 g/mol. The molecule has 2 atom stereocenters. The number of hydrogen-bond acceptors (Lipinski definition) is 5. The van der Waals surface area contributed by atoms with Gasteiger partial charge in [0.1, 0.15) is 0 Å².